The van der Waals surface area contributed by atoms with Gasteiger partial charge in [-0.3, -0.25) is 24.2 Å². The van der Waals surface area contributed by atoms with Gasteiger partial charge in [-0.05, 0) is 206 Å². The number of carbonyl (C=O) groups excluding carboxylic acids is 5. The number of nitrogens with two attached hydrogens (primary N) is 2. The van der Waals surface area contributed by atoms with Crippen molar-refractivity contribution in [2.75, 3.05) is 83.4 Å². The smallest absolute Gasteiger partial charge is 0.407 e. The van der Waals surface area contributed by atoms with Crippen LogP contribution in [0.25, 0.3) is 0 Å². The number of hydrogen-bond acceptors (Lipinski definition) is 26. The second kappa shape index (κ2) is 57.7. The number of amides is 4. The number of alkyl carbamates (subject to hydrolysis) is 1. The molecule has 32 heteroatoms. The number of carboxylic acids is 2. The molecular weight excluding hydrogens is 1790 g/mol. The highest BCUT2D eigenvalue weighted by molar-refractivity contribution is 7.10. The maximum Gasteiger partial charge on any atom is 0.407 e. The average Bonchev–Trinajstić information content (AvgIpc) is 1.64. The molecule has 0 saturated carbocycles. The Morgan fingerprint density at radius 1 is 0.471 bits per heavy atom. The van der Waals surface area contributed by atoms with Gasteiger partial charge in [-0.1, -0.05) is 146 Å². The first-order chi connectivity index (χ1) is 65.0. The molecule has 0 radical (unpaired) electrons. The number of aliphatic hydroxyl groups is 2. The largest absolute Gasteiger partial charge is 0.497 e. The van der Waals surface area contributed by atoms with Crippen LogP contribution in [-0.2, 0) is 72.7 Å². The molecule has 3 aromatic heterocycles. The van der Waals surface area contributed by atoms with Crippen molar-refractivity contribution in [3.05, 3.63) is 352 Å². The first-order valence-electron chi connectivity index (χ1n) is 43.9. The van der Waals surface area contributed by atoms with E-state index in [1.807, 2.05) is 235 Å². The maximum absolute atomic E-state index is 13.5. The molecule has 11 N–H and O–H groups in total. The monoisotopic (exact) mass is 1910 g/mol. The summed E-state index contributed by atoms with van der Waals surface area (Å²) in [5, 5.41) is 56.8. The number of methoxy groups -OCH3 is 4. The molecule has 6 unspecified atom stereocenters. The van der Waals surface area contributed by atoms with Gasteiger partial charge in [-0.15, -0.1) is 34.0 Å². The minimum Gasteiger partial charge on any atom is -0.497 e. The van der Waals surface area contributed by atoms with Crippen molar-refractivity contribution in [3.63, 3.8) is 0 Å². The summed E-state index contributed by atoms with van der Waals surface area (Å²) in [6.07, 6.45) is 0.194. The van der Waals surface area contributed by atoms with Gasteiger partial charge in [0.05, 0.1) is 89.1 Å². The van der Waals surface area contributed by atoms with Crippen LogP contribution in [0.15, 0.2) is 253 Å². The average molecular weight is 1910 g/mol. The van der Waals surface area contributed by atoms with E-state index in [2.05, 4.69) is 52.7 Å². The van der Waals surface area contributed by atoms with Crippen molar-refractivity contribution in [1.29, 1.82) is 0 Å². The molecule has 9 aromatic carbocycles. The number of benzene rings is 9. The van der Waals surface area contributed by atoms with Crippen molar-refractivity contribution in [2.45, 2.75) is 142 Å². The summed E-state index contributed by atoms with van der Waals surface area (Å²) in [4.78, 5) is 103. The highest BCUT2D eigenvalue weighted by atomic mass is 32.1. The van der Waals surface area contributed by atoms with E-state index >= 15 is 0 Å². The van der Waals surface area contributed by atoms with Gasteiger partial charge >= 0.3 is 24.0 Å². The fourth-order valence-electron chi connectivity index (χ4n) is 13.4. The number of esters is 1. The highest BCUT2D eigenvalue weighted by Crippen LogP contribution is 2.24. The van der Waals surface area contributed by atoms with Crippen LogP contribution in [0.3, 0.4) is 0 Å². The number of epoxide rings is 1. The molecule has 1 fully saturated rings. The zero-order chi connectivity index (χ0) is 99.2. The van der Waals surface area contributed by atoms with Gasteiger partial charge in [0.2, 0.25) is 0 Å². The van der Waals surface area contributed by atoms with Crippen molar-refractivity contribution < 1.29 is 82.4 Å². The molecule has 1 aliphatic heterocycles. The molecule has 0 aliphatic carbocycles. The Bertz CT molecular complexity index is 5660. The number of aromatic nitrogens is 3. The molecule has 4 amide bonds. The zero-order valence-corrected chi connectivity index (χ0v) is 82.3. The molecule has 4 heterocycles. The van der Waals surface area contributed by atoms with Gasteiger partial charge in [0, 0.05) is 109 Å². The number of likely N-dealkylation sites (N-methyl/N-ethyl adjacent to an activating group) is 2. The van der Waals surface area contributed by atoms with Crippen LogP contribution in [0, 0.1) is 20.8 Å². The summed E-state index contributed by atoms with van der Waals surface area (Å²) < 4.78 is 30.7. The van der Waals surface area contributed by atoms with E-state index in [4.69, 9.17) is 45.4 Å². The predicted octanol–water partition coefficient (Wildman–Crippen LogP) is 15.1. The van der Waals surface area contributed by atoms with Gasteiger partial charge in [0.25, 0.3) is 17.7 Å². The van der Waals surface area contributed by atoms with Gasteiger partial charge in [0.1, 0.15) is 44.0 Å². The van der Waals surface area contributed by atoms with Crippen molar-refractivity contribution in [2.24, 2.45) is 11.5 Å². The number of thiazole rings is 3. The van der Waals surface area contributed by atoms with Crippen LogP contribution < -0.4 is 41.6 Å². The van der Waals surface area contributed by atoms with Gasteiger partial charge in [-0.25, -0.2) is 34.1 Å². The molecular formula is C104H128N12O17S3. The molecule has 12 aromatic rings. The molecule has 136 heavy (non-hydrogen) atoms. The van der Waals surface area contributed by atoms with E-state index in [0.29, 0.717) is 75.4 Å². The summed E-state index contributed by atoms with van der Waals surface area (Å²) in [6.45, 7) is 16.5. The lowest BCUT2D eigenvalue weighted by Gasteiger charge is -2.28. The Labute approximate surface area is 809 Å². The third-order valence-electron chi connectivity index (χ3n) is 20.3. The maximum atomic E-state index is 13.5. The number of hydrogen-bond donors (Lipinski definition) is 9. The predicted molar refractivity (Wildman–Crippen MR) is 534 cm³/mol. The number of ether oxygens (including phenoxy) is 6. The van der Waals surface area contributed by atoms with E-state index in [-0.39, 0.29) is 58.7 Å². The Morgan fingerprint density at radius 2 is 0.846 bits per heavy atom. The Morgan fingerprint density at radius 3 is 1.24 bits per heavy atom. The Balaban J connectivity index is 0.000000231. The summed E-state index contributed by atoms with van der Waals surface area (Å²) >= 11 is 4.63. The lowest BCUT2D eigenvalue weighted by atomic mass is 9.99. The van der Waals surface area contributed by atoms with Crippen LogP contribution in [0.4, 0.5) is 4.79 Å². The Hall–Kier alpha value is -13.0. The molecule has 6 atom stereocenters. The fraction of sp³-hybridized carbons (Fsp3) is 0.327. The minimum absolute atomic E-state index is 0.0303. The SMILES string of the molecule is CC(C)(C)OC(=O)NC(Cc1ccccc1)C1CO1.CNCc1cccc(OC)c1.COC(=O)c1cccc(C(=O)O)c1.COc1cccc(CN(C)CC(O)C(Cc2ccccc2)NC(=O)c2cccc(C(=O)N(C)Cc3nc(C)cs3)c2)c1.COc1cccc(CN(C)CC(O)C(N)Cc2ccccc2)c1.Cc1csc(CN(C)C(=O)c2cccc(C(=O)O)c2)n1.Cc1csc(CN)n1. The number of aliphatic hydroxyl groups excluding tert-OH is 2. The number of carboxylic acid groups (broad SMARTS) is 2. The number of aryl methyl sites for hydroxylation is 3. The topological polar surface area (TPSA) is 399 Å². The second-order valence-electron chi connectivity index (χ2n) is 33.1. The molecule has 1 saturated heterocycles. The minimum atomic E-state index is -1.06. The Kier molecular flexibility index (Phi) is 46.7. The first kappa shape index (κ1) is 110. The number of nitrogens with one attached hydrogen (secondary N) is 3. The van der Waals surface area contributed by atoms with E-state index in [1.54, 1.807) is 88.1 Å². The fourth-order valence-corrected chi connectivity index (χ4v) is 15.7. The second-order valence-corrected chi connectivity index (χ2v) is 35.9. The van der Waals surface area contributed by atoms with Crippen molar-refractivity contribution >= 4 is 75.7 Å². The lowest BCUT2D eigenvalue weighted by Crippen LogP contribution is -2.49. The third-order valence-corrected chi connectivity index (χ3v) is 23.1. The van der Waals surface area contributed by atoms with Crippen LogP contribution in [0.5, 0.6) is 17.2 Å². The summed E-state index contributed by atoms with van der Waals surface area (Å²) in [7, 11) is 15.5. The first-order valence-corrected chi connectivity index (χ1v) is 46.5. The standard InChI is InChI=1S/C33H38N4O4S.C19H26N2O2.C15H21NO3.C14H14N2O3S.C9H13NO.C9H8O4.C5H8N2S/c1-23-22-42-31(34-23)21-37(3)33(40)27-14-9-13-26(18-27)32(39)35-29(17-24-10-6-5-7-11-24)30(38)20-36(2)19-25-12-8-15-28(16-25)41-4;1-21(13-16-9-6-10-17(11-16)23-2)14-19(22)18(20)12-15-7-4-3-5-8-15;1-15(2,3)19-14(17)16-12(13-10-18-13)9-11-7-5-4-6-8-11;1-9-8-20-12(15-9)7-16(2)13(17)10-4-3-5-11(6-10)14(18)19;1-10-7-8-4-3-5-9(6-8)11-2;1-13-9(12)7-4-2-3-6(5-7)8(10)11;1-4-3-8-5(2-6)7-4/h5-16,18,22,29-30,38H,17,19-21H2,1-4H3,(H,35,39);3-11,18-19,22H,12-14,20H2,1-2H3;4-8,12-13H,9-10H2,1-3H3,(H,16,17);3-6,8H,7H2,1-2H3,(H,18,19);3-6,10H,7H2,1-2H3;2-5H,1H3,(H,10,11);3H,2,6H2,1H3. The van der Waals surface area contributed by atoms with Crippen LogP contribution in [0.2, 0.25) is 0 Å². The van der Waals surface area contributed by atoms with Gasteiger partial charge < -0.3 is 86.1 Å². The zero-order valence-electron chi connectivity index (χ0n) is 79.8. The molecule has 0 spiro atoms. The summed E-state index contributed by atoms with van der Waals surface area (Å²) in [6, 6.07) is 71.2. The van der Waals surface area contributed by atoms with E-state index in [1.165, 1.54) is 82.2 Å². The number of nitrogens with zero attached hydrogens (tertiary/aromatic N) is 7. The van der Waals surface area contributed by atoms with Crippen LogP contribution >= 0.6 is 34.0 Å². The molecule has 0 bridgehead atoms. The number of carbonyl (C=O) groups is 7. The van der Waals surface area contributed by atoms with Crippen molar-refractivity contribution in [3.8, 4) is 17.2 Å². The van der Waals surface area contributed by atoms with Gasteiger partial charge in [-0.2, -0.15) is 0 Å². The summed E-state index contributed by atoms with van der Waals surface area (Å²) in [5.74, 6) is -0.876. The van der Waals surface area contributed by atoms with Gasteiger partial charge in [0.15, 0.2) is 0 Å². The number of aromatic carboxylic acids is 2. The normalized spacial score (nSPS) is 12.7. The third kappa shape index (κ3) is 40.7. The van der Waals surface area contributed by atoms with E-state index in [0.717, 1.165) is 91.1 Å². The van der Waals surface area contributed by atoms with E-state index in [9.17, 15) is 43.8 Å². The lowest BCUT2D eigenvalue weighted by molar-refractivity contribution is 0.0492. The summed E-state index contributed by atoms with van der Waals surface area (Å²) in [5.41, 5.74) is 22.2. The highest BCUT2D eigenvalue weighted by Gasteiger charge is 2.35. The van der Waals surface area contributed by atoms with Crippen molar-refractivity contribution in [1.82, 2.24) is 50.5 Å². The van der Waals surface area contributed by atoms with Crippen LogP contribution in [0.1, 0.15) is 148 Å². The molecule has 29 nitrogen and oxygen atoms in total. The quantitative estimate of drug-likeness (QED) is 0.0132. The number of rotatable bonds is 35. The molecule has 724 valence electrons. The van der Waals surface area contributed by atoms with E-state index < -0.39 is 41.8 Å². The van der Waals surface area contributed by atoms with Crippen LogP contribution in [-0.4, -0.2) is 222 Å². The molecule has 1 aliphatic rings. The molecule has 13 rings (SSSR count).